The molecule has 6 nitrogen and oxygen atoms in total. The standard InChI is InChI=1S/C52H88O6/c1-4-7-10-13-16-19-22-24-25-26-27-29-30-33-36-39-42-45-51(54)57-48-49(47-56-50(53)44-41-38-35-32-21-18-15-12-9-6-3)58-52(55)46-43-40-37-34-31-28-23-20-17-14-11-8-5-2/h7,10,12,15-16,19,24-25,27,29,33,36,49H,4-6,8-9,11,13-14,17-18,20-23,26,28,30-32,34-35,37-48H2,1-3H3/b10-7-,15-12-,19-16-,25-24-,29-27-,36-33-. The van der Waals surface area contributed by atoms with Gasteiger partial charge in [0.2, 0.25) is 0 Å². The first kappa shape index (κ1) is 54.9. The lowest BCUT2D eigenvalue weighted by molar-refractivity contribution is -0.167. The quantitative estimate of drug-likeness (QED) is 0.0264. The van der Waals surface area contributed by atoms with Crippen molar-refractivity contribution in [3.63, 3.8) is 0 Å². The molecule has 1 atom stereocenters. The van der Waals surface area contributed by atoms with Gasteiger partial charge in [-0.1, -0.05) is 196 Å². The molecular weight excluding hydrogens is 721 g/mol. The van der Waals surface area contributed by atoms with E-state index in [2.05, 4.69) is 93.7 Å². The van der Waals surface area contributed by atoms with Crippen molar-refractivity contribution in [3.8, 4) is 0 Å². The fourth-order valence-electron chi connectivity index (χ4n) is 6.36. The number of esters is 3. The van der Waals surface area contributed by atoms with Gasteiger partial charge in [-0.15, -0.1) is 0 Å². The largest absolute Gasteiger partial charge is 0.462 e. The summed E-state index contributed by atoms with van der Waals surface area (Å²) in [5.41, 5.74) is 0. The van der Waals surface area contributed by atoms with Crippen molar-refractivity contribution in [2.24, 2.45) is 0 Å². The zero-order chi connectivity index (χ0) is 42.3. The summed E-state index contributed by atoms with van der Waals surface area (Å²) in [6.07, 6.45) is 57.5. The molecule has 0 bridgehead atoms. The first-order valence-corrected chi connectivity index (χ1v) is 23.9. The molecule has 1 unspecified atom stereocenters. The van der Waals surface area contributed by atoms with Crippen LogP contribution in [-0.4, -0.2) is 37.2 Å². The summed E-state index contributed by atoms with van der Waals surface area (Å²) in [4.78, 5) is 37.8. The van der Waals surface area contributed by atoms with Crippen LogP contribution in [0.25, 0.3) is 0 Å². The molecule has 0 N–H and O–H groups in total. The maximum atomic E-state index is 12.7. The fourth-order valence-corrected chi connectivity index (χ4v) is 6.36. The number of hydrogen-bond donors (Lipinski definition) is 0. The van der Waals surface area contributed by atoms with Crippen LogP contribution in [-0.2, 0) is 28.6 Å². The highest BCUT2D eigenvalue weighted by molar-refractivity contribution is 5.71. The van der Waals surface area contributed by atoms with Gasteiger partial charge in [0.05, 0.1) is 0 Å². The molecule has 0 spiro atoms. The highest BCUT2D eigenvalue weighted by Crippen LogP contribution is 2.14. The van der Waals surface area contributed by atoms with Crippen molar-refractivity contribution < 1.29 is 28.6 Å². The second-order valence-electron chi connectivity index (χ2n) is 15.6. The minimum atomic E-state index is -0.797. The molecule has 0 radical (unpaired) electrons. The molecule has 58 heavy (non-hydrogen) atoms. The van der Waals surface area contributed by atoms with Gasteiger partial charge in [-0.3, -0.25) is 14.4 Å². The van der Waals surface area contributed by atoms with E-state index in [1.807, 2.05) is 0 Å². The van der Waals surface area contributed by atoms with E-state index < -0.39 is 6.10 Å². The Balaban J connectivity index is 4.46. The van der Waals surface area contributed by atoms with Crippen LogP contribution < -0.4 is 0 Å². The highest BCUT2D eigenvalue weighted by Gasteiger charge is 2.19. The predicted octanol–water partition coefficient (Wildman–Crippen LogP) is 15.5. The number of ether oxygens (including phenoxy) is 3. The number of unbranched alkanes of at least 4 members (excludes halogenated alkanes) is 19. The molecule has 0 saturated carbocycles. The summed E-state index contributed by atoms with van der Waals surface area (Å²) < 4.78 is 16.7. The van der Waals surface area contributed by atoms with E-state index in [4.69, 9.17) is 14.2 Å². The maximum Gasteiger partial charge on any atom is 0.306 e. The van der Waals surface area contributed by atoms with Crippen LogP contribution in [0.15, 0.2) is 72.9 Å². The van der Waals surface area contributed by atoms with Crippen molar-refractivity contribution in [1.29, 1.82) is 0 Å². The molecule has 0 rings (SSSR count). The number of rotatable bonds is 42. The van der Waals surface area contributed by atoms with Crippen molar-refractivity contribution >= 4 is 17.9 Å². The molecule has 6 heteroatoms. The van der Waals surface area contributed by atoms with E-state index >= 15 is 0 Å². The van der Waals surface area contributed by atoms with Gasteiger partial charge < -0.3 is 14.2 Å². The third-order valence-electron chi connectivity index (χ3n) is 9.93. The Hall–Kier alpha value is -3.15. The molecule has 0 fully saturated rings. The lowest BCUT2D eigenvalue weighted by Gasteiger charge is -2.18. The van der Waals surface area contributed by atoms with Gasteiger partial charge in [0, 0.05) is 19.3 Å². The van der Waals surface area contributed by atoms with Crippen LogP contribution in [0.1, 0.15) is 220 Å². The Morgan fingerprint density at radius 1 is 0.362 bits per heavy atom. The molecule has 332 valence electrons. The van der Waals surface area contributed by atoms with Crippen molar-refractivity contribution in [2.75, 3.05) is 13.2 Å². The Kier molecular flexibility index (Phi) is 44.0. The smallest absolute Gasteiger partial charge is 0.306 e. The van der Waals surface area contributed by atoms with Gasteiger partial charge >= 0.3 is 17.9 Å². The zero-order valence-electron chi connectivity index (χ0n) is 37.8. The summed E-state index contributed by atoms with van der Waals surface area (Å²) in [6, 6.07) is 0. The van der Waals surface area contributed by atoms with Crippen LogP contribution in [0.3, 0.4) is 0 Å². The average Bonchev–Trinajstić information content (AvgIpc) is 3.22. The monoisotopic (exact) mass is 809 g/mol. The third kappa shape index (κ3) is 44.0. The number of carbonyl (C=O) groups excluding carboxylic acids is 3. The summed E-state index contributed by atoms with van der Waals surface area (Å²) in [5, 5.41) is 0. The number of allylic oxidation sites excluding steroid dienone is 12. The number of hydrogen-bond acceptors (Lipinski definition) is 6. The van der Waals surface area contributed by atoms with E-state index in [1.54, 1.807) is 0 Å². The molecule has 0 aromatic carbocycles. The Morgan fingerprint density at radius 3 is 1.21 bits per heavy atom. The van der Waals surface area contributed by atoms with Crippen molar-refractivity contribution in [1.82, 2.24) is 0 Å². The minimum Gasteiger partial charge on any atom is -0.462 e. The average molecular weight is 809 g/mol. The SMILES string of the molecule is CC/C=C\C/C=C\C/C=C\C/C=C\C/C=C\CCCC(=O)OCC(COC(=O)CCCCCCC/C=C\CCC)OC(=O)CCCCCCCCCCCCCCC. The Bertz CT molecular complexity index is 1110. The minimum absolute atomic E-state index is 0.0966. The predicted molar refractivity (Wildman–Crippen MR) is 247 cm³/mol. The Labute approximate surface area is 357 Å². The summed E-state index contributed by atoms with van der Waals surface area (Å²) in [6.45, 7) is 6.39. The lowest BCUT2D eigenvalue weighted by atomic mass is 10.0. The van der Waals surface area contributed by atoms with Crippen molar-refractivity contribution in [2.45, 2.75) is 226 Å². The van der Waals surface area contributed by atoms with Gasteiger partial charge in [0.15, 0.2) is 6.10 Å². The van der Waals surface area contributed by atoms with E-state index in [0.29, 0.717) is 19.3 Å². The third-order valence-corrected chi connectivity index (χ3v) is 9.93. The summed E-state index contributed by atoms with van der Waals surface area (Å²) in [7, 11) is 0. The molecule has 0 heterocycles. The first-order chi connectivity index (χ1) is 28.5. The van der Waals surface area contributed by atoms with Gasteiger partial charge in [0.1, 0.15) is 13.2 Å². The second kappa shape index (κ2) is 46.5. The van der Waals surface area contributed by atoms with Crippen molar-refractivity contribution in [3.05, 3.63) is 72.9 Å². The molecule has 0 aliphatic carbocycles. The lowest BCUT2D eigenvalue weighted by Crippen LogP contribution is -2.30. The van der Waals surface area contributed by atoms with Gasteiger partial charge in [0.25, 0.3) is 0 Å². The van der Waals surface area contributed by atoms with Gasteiger partial charge in [-0.05, 0) is 77.0 Å². The molecule has 0 aliphatic rings. The normalized spacial score (nSPS) is 12.7. The van der Waals surface area contributed by atoms with Crippen LogP contribution in [0.2, 0.25) is 0 Å². The fraction of sp³-hybridized carbons (Fsp3) is 0.712. The highest BCUT2D eigenvalue weighted by atomic mass is 16.6. The van der Waals surface area contributed by atoms with Crippen LogP contribution in [0.4, 0.5) is 0 Å². The van der Waals surface area contributed by atoms with Crippen LogP contribution >= 0.6 is 0 Å². The van der Waals surface area contributed by atoms with E-state index in [9.17, 15) is 14.4 Å². The molecule has 0 saturated heterocycles. The topological polar surface area (TPSA) is 78.9 Å². The van der Waals surface area contributed by atoms with Gasteiger partial charge in [-0.25, -0.2) is 0 Å². The second-order valence-corrected chi connectivity index (χ2v) is 15.6. The molecular formula is C52H88O6. The summed E-state index contributed by atoms with van der Waals surface area (Å²) in [5.74, 6) is -0.969. The van der Waals surface area contributed by atoms with Crippen LogP contribution in [0.5, 0.6) is 0 Å². The maximum absolute atomic E-state index is 12.7. The van der Waals surface area contributed by atoms with E-state index in [1.165, 1.54) is 77.0 Å². The molecule has 0 aromatic heterocycles. The summed E-state index contributed by atoms with van der Waals surface area (Å²) >= 11 is 0. The molecule has 0 amide bonds. The Morgan fingerprint density at radius 2 is 0.724 bits per heavy atom. The van der Waals surface area contributed by atoms with Crippen LogP contribution in [0, 0.1) is 0 Å². The first-order valence-electron chi connectivity index (χ1n) is 23.9. The molecule has 0 aromatic rings. The van der Waals surface area contributed by atoms with Gasteiger partial charge in [-0.2, -0.15) is 0 Å². The zero-order valence-corrected chi connectivity index (χ0v) is 37.8. The van der Waals surface area contributed by atoms with E-state index in [0.717, 1.165) is 96.3 Å². The van der Waals surface area contributed by atoms with E-state index in [-0.39, 0.29) is 37.5 Å². The number of carbonyl (C=O) groups is 3. The molecule has 0 aliphatic heterocycles.